The van der Waals surface area contributed by atoms with Gasteiger partial charge < -0.3 is 10.2 Å². The van der Waals surface area contributed by atoms with Crippen LogP contribution in [0.25, 0.3) is 0 Å². The number of nitrogens with zero attached hydrogens (tertiary/aromatic N) is 1. The van der Waals surface area contributed by atoms with E-state index in [0.717, 1.165) is 12.8 Å². The van der Waals surface area contributed by atoms with E-state index in [0.29, 0.717) is 29.1 Å². The molecule has 0 saturated carbocycles. The van der Waals surface area contributed by atoms with Gasteiger partial charge in [0.15, 0.2) is 0 Å². The van der Waals surface area contributed by atoms with Gasteiger partial charge in [0.05, 0.1) is 5.56 Å². The second-order valence-corrected chi connectivity index (χ2v) is 6.40. The first kappa shape index (κ1) is 16.6. The molecular formula is C19H20N2O2S. The minimum absolute atomic E-state index is 0.0566. The van der Waals surface area contributed by atoms with Crippen molar-refractivity contribution in [1.82, 2.24) is 10.2 Å². The summed E-state index contributed by atoms with van der Waals surface area (Å²) >= 11 is 4.32. The quantitative estimate of drug-likeness (QED) is 0.844. The molecule has 4 nitrogen and oxygen atoms in total. The molecule has 1 aliphatic heterocycles. The number of rotatable bonds is 3. The first-order valence-corrected chi connectivity index (χ1v) is 8.53. The van der Waals surface area contributed by atoms with Gasteiger partial charge in [0, 0.05) is 29.6 Å². The molecule has 0 bridgehead atoms. The maximum Gasteiger partial charge on any atom is 0.253 e. The van der Waals surface area contributed by atoms with Crippen LogP contribution < -0.4 is 5.32 Å². The zero-order valence-electron chi connectivity index (χ0n) is 13.3. The number of hydrogen-bond acceptors (Lipinski definition) is 3. The Kier molecular flexibility index (Phi) is 5.20. The molecule has 2 aromatic rings. The fourth-order valence-electron chi connectivity index (χ4n) is 2.92. The lowest BCUT2D eigenvalue weighted by Crippen LogP contribution is -2.46. The third-order valence-corrected chi connectivity index (χ3v) is 4.68. The Balaban J connectivity index is 1.55. The van der Waals surface area contributed by atoms with E-state index in [1.165, 1.54) is 0 Å². The van der Waals surface area contributed by atoms with Crippen LogP contribution in [0.2, 0.25) is 0 Å². The number of carbonyl (C=O) groups excluding carboxylic acids is 2. The van der Waals surface area contributed by atoms with Crippen molar-refractivity contribution < 1.29 is 9.59 Å². The zero-order chi connectivity index (χ0) is 16.9. The molecule has 1 aliphatic rings. The molecule has 3 rings (SSSR count). The van der Waals surface area contributed by atoms with Gasteiger partial charge >= 0.3 is 0 Å². The van der Waals surface area contributed by atoms with E-state index in [2.05, 4.69) is 17.9 Å². The Morgan fingerprint density at radius 1 is 0.958 bits per heavy atom. The maximum absolute atomic E-state index is 12.4. The molecule has 124 valence electrons. The van der Waals surface area contributed by atoms with Gasteiger partial charge in [0.2, 0.25) is 0 Å². The smallest absolute Gasteiger partial charge is 0.253 e. The molecule has 1 N–H and O–H groups in total. The number of thiol groups is 1. The van der Waals surface area contributed by atoms with Crippen LogP contribution in [0.4, 0.5) is 0 Å². The number of hydrogen-bond donors (Lipinski definition) is 2. The molecule has 24 heavy (non-hydrogen) atoms. The predicted molar refractivity (Wildman–Crippen MR) is 96.5 cm³/mol. The van der Waals surface area contributed by atoms with E-state index in [-0.39, 0.29) is 17.9 Å². The van der Waals surface area contributed by atoms with E-state index in [1.807, 2.05) is 47.4 Å². The largest absolute Gasteiger partial charge is 0.349 e. The van der Waals surface area contributed by atoms with E-state index < -0.39 is 0 Å². The molecule has 1 fully saturated rings. The number of benzene rings is 2. The summed E-state index contributed by atoms with van der Waals surface area (Å²) in [6, 6.07) is 16.7. The third-order valence-electron chi connectivity index (χ3n) is 4.29. The number of amides is 2. The van der Waals surface area contributed by atoms with Crippen LogP contribution in [0.3, 0.4) is 0 Å². The second-order valence-electron chi connectivity index (χ2n) is 5.92. The Morgan fingerprint density at radius 3 is 2.25 bits per heavy atom. The molecule has 0 atom stereocenters. The molecule has 0 radical (unpaired) electrons. The standard InChI is InChI=1S/C19H20N2O2S/c22-18(16-8-4-5-9-17(16)24)20-15-10-12-21(13-11-15)19(23)14-6-2-1-3-7-14/h1-9,15,24H,10-13H2,(H,20,22). The van der Waals surface area contributed by atoms with Gasteiger partial charge in [-0.25, -0.2) is 0 Å². The highest BCUT2D eigenvalue weighted by Gasteiger charge is 2.25. The fourth-order valence-corrected chi connectivity index (χ4v) is 3.18. The maximum atomic E-state index is 12.4. The molecule has 1 saturated heterocycles. The van der Waals surface area contributed by atoms with Gasteiger partial charge in [0.1, 0.15) is 0 Å². The van der Waals surface area contributed by atoms with E-state index in [1.54, 1.807) is 12.1 Å². The molecule has 2 amide bonds. The predicted octanol–water partition coefficient (Wildman–Crippen LogP) is 3.01. The van der Waals surface area contributed by atoms with Crippen LogP contribution in [0.5, 0.6) is 0 Å². The Labute approximate surface area is 147 Å². The van der Waals surface area contributed by atoms with Gasteiger partial charge in [-0.15, -0.1) is 12.6 Å². The van der Waals surface area contributed by atoms with Crippen LogP contribution in [-0.2, 0) is 0 Å². The topological polar surface area (TPSA) is 49.4 Å². The van der Waals surface area contributed by atoms with Gasteiger partial charge in [-0.2, -0.15) is 0 Å². The van der Waals surface area contributed by atoms with Gasteiger partial charge in [0.25, 0.3) is 11.8 Å². The summed E-state index contributed by atoms with van der Waals surface area (Å²) in [6.07, 6.45) is 1.53. The molecule has 1 heterocycles. The Bertz CT molecular complexity index is 725. The minimum Gasteiger partial charge on any atom is -0.349 e. The van der Waals surface area contributed by atoms with Crippen LogP contribution in [0.15, 0.2) is 59.5 Å². The summed E-state index contributed by atoms with van der Waals surface area (Å²) in [6.45, 7) is 1.31. The van der Waals surface area contributed by atoms with Crippen molar-refractivity contribution >= 4 is 24.4 Å². The van der Waals surface area contributed by atoms with Crippen LogP contribution in [0.1, 0.15) is 33.6 Å². The first-order chi connectivity index (χ1) is 11.6. The summed E-state index contributed by atoms with van der Waals surface area (Å²) < 4.78 is 0. The summed E-state index contributed by atoms with van der Waals surface area (Å²) in [5, 5.41) is 3.05. The minimum atomic E-state index is -0.103. The summed E-state index contributed by atoms with van der Waals surface area (Å²) in [5.41, 5.74) is 1.30. The van der Waals surface area contributed by atoms with Gasteiger partial charge in [-0.1, -0.05) is 30.3 Å². The lowest BCUT2D eigenvalue weighted by atomic mass is 10.0. The molecule has 0 aliphatic carbocycles. The molecular weight excluding hydrogens is 320 g/mol. The normalized spacial score (nSPS) is 15.1. The van der Waals surface area contributed by atoms with E-state index in [4.69, 9.17) is 0 Å². The number of likely N-dealkylation sites (tertiary alicyclic amines) is 1. The van der Waals surface area contributed by atoms with Gasteiger partial charge in [-0.3, -0.25) is 9.59 Å². The highest BCUT2D eigenvalue weighted by atomic mass is 32.1. The second kappa shape index (κ2) is 7.53. The highest BCUT2D eigenvalue weighted by molar-refractivity contribution is 7.80. The lowest BCUT2D eigenvalue weighted by Gasteiger charge is -2.32. The van der Waals surface area contributed by atoms with Crippen molar-refractivity contribution in [2.75, 3.05) is 13.1 Å². The molecule has 2 aromatic carbocycles. The third kappa shape index (κ3) is 3.79. The van der Waals surface area contributed by atoms with Crippen LogP contribution in [0, 0.1) is 0 Å². The highest BCUT2D eigenvalue weighted by Crippen LogP contribution is 2.17. The van der Waals surface area contributed by atoms with Crippen molar-refractivity contribution in [3.63, 3.8) is 0 Å². The van der Waals surface area contributed by atoms with Crippen LogP contribution >= 0.6 is 12.6 Å². The molecule has 0 unspecified atom stereocenters. The number of carbonyl (C=O) groups is 2. The van der Waals surface area contributed by atoms with Crippen molar-refractivity contribution in [3.8, 4) is 0 Å². The van der Waals surface area contributed by atoms with Gasteiger partial charge in [-0.05, 0) is 37.1 Å². The molecule has 5 heteroatoms. The number of nitrogens with one attached hydrogen (secondary N) is 1. The lowest BCUT2D eigenvalue weighted by molar-refractivity contribution is 0.0698. The van der Waals surface area contributed by atoms with Crippen molar-refractivity contribution in [2.24, 2.45) is 0 Å². The van der Waals surface area contributed by atoms with Crippen molar-refractivity contribution in [1.29, 1.82) is 0 Å². The average Bonchev–Trinajstić information content (AvgIpc) is 2.63. The van der Waals surface area contributed by atoms with E-state index >= 15 is 0 Å². The average molecular weight is 340 g/mol. The zero-order valence-corrected chi connectivity index (χ0v) is 14.2. The molecule has 0 aromatic heterocycles. The van der Waals surface area contributed by atoms with E-state index in [9.17, 15) is 9.59 Å². The van der Waals surface area contributed by atoms with Crippen molar-refractivity contribution in [2.45, 2.75) is 23.8 Å². The monoisotopic (exact) mass is 340 g/mol. The SMILES string of the molecule is O=C(NC1CCN(C(=O)c2ccccc2)CC1)c1ccccc1S. The summed E-state index contributed by atoms with van der Waals surface area (Å²) in [7, 11) is 0. The van der Waals surface area contributed by atoms with Crippen molar-refractivity contribution in [3.05, 3.63) is 65.7 Å². The summed E-state index contributed by atoms with van der Waals surface area (Å²) in [5.74, 6) is -0.0467. The first-order valence-electron chi connectivity index (χ1n) is 8.08. The Morgan fingerprint density at radius 2 is 1.58 bits per heavy atom. The Hall–Kier alpha value is -2.27. The van der Waals surface area contributed by atoms with Crippen LogP contribution in [-0.4, -0.2) is 35.8 Å². The fraction of sp³-hybridized carbons (Fsp3) is 0.263. The summed E-state index contributed by atoms with van der Waals surface area (Å²) in [4.78, 5) is 27.3. The number of piperidine rings is 1. The molecule has 0 spiro atoms.